The summed E-state index contributed by atoms with van der Waals surface area (Å²) in [5.41, 5.74) is 2.88. The summed E-state index contributed by atoms with van der Waals surface area (Å²) in [4.78, 5) is 21.1. The summed E-state index contributed by atoms with van der Waals surface area (Å²) in [5, 5.41) is 10.9. The molecule has 4 aliphatic heterocycles. The van der Waals surface area contributed by atoms with Gasteiger partial charge in [0.2, 0.25) is 6.10 Å². The monoisotopic (exact) mass is 948 g/mol. The lowest BCUT2D eigenvalue weighted by Crippen LogP contribution is -2.56. The van der Waals surface area contributed by atoms with Gasteiger partial charge in [-0.05, 0) is 38.1 Å². The molecule has 64 heavy (non-hydrogen) atoms. The maximum absolute atomic E-state index is 14.6. The van der Waals surface area contributed by atoms with E-state index in [-0.39, 0.29) is 32.0 Å². The number of anilines is 2. The van der Waals surface area contributed by atoms with Gasteiger partial charge < -0.3 is 39.3 Å². The summed E-state index contributed by atoms with van der Waals surface area (Å²) in [6.45, 7) is 13.1. The van der Waals surface area contributed by atoms with Gasteiger partial charge in [0.05, 0.1) is 26.4 Å². The number of halogens is 14. The number of amides is 1. The number of hydrogen-bond donors (Lipinski definition) is 2. The lowest BCUT2D eigenvalue weighted by atomic mass is 10.1. The van der Waals surface area contributed by atoms with Gasteiger partial charge in [0.25, 0.3) is 6.10 Å². The van der Waals surface area contributed by atoms with Crippen molar-refractivity contribution in [3.8, 4) is 0 Å². The van der Waals surface area contributed by atoms with Gasteiger partial charge in [-0.3, -0.25) is 9.80 Å². The standard InChI is InChI=1S/C20H24F7N3O3.C16H24FN3O.C3H2F6O/c1-13-11-28(4-5-30(13)18(31)33-17(19(22,23)24)20(25,26)27)12-14-2-3-15(10-16(14)21)29-6-8-32-9-7-29;1-13-11-19(5-4-18-13)12-14-2-3-15(10-16(14)17)20-6-8-21-9-7-20;4-2(5,6)1(10)3(7,8)9/h2-3,10,13,17H,4-9,11-12H2,1H3;2-3,10,13,18H,4-9,11-12H2,1H3;1,10H/t2*13-;/m00./s1. The van der Waals surface area contributed by atoms with Crippen molar-refractivity contribution in [1.82, 2.24) is 20.0 Å². The zero-order valence-corrected chi connectivity index (χ0v) is 34.7. The van der Waals surface area contributed by atoms with Crippen LogP contribution in [0.1, 0.15) is 25.0 Å². The number of carbonyl (C=O) groups is 1. The van der Waals surface area contributed by atoms with Gasteiger partial charge in [0.1, 0.15) is 11.6 Å². The van der Waals surface area contributed by atoms with E-state index < -0.39 is 54.9 Å². The Morgan fingerprint density at radius 2 is 1.11 bits per heavy atom. The Balaban J connectivity index is 0.000000245. The van der Waals surface area contributed by atoms with Crippen LogP contribution in [0.25, 0.3) is 0 Å². The number of carbonyl (C=O) groups excluding carboxylic acids is 1. The van der Waals surface area contributed by atoms with Gasteiger partial charge >= 0.3 is 30.8 Å². The molecule has 4 heterocycles. The molecule has 6 rings (SSSR count). The number of alkyl halides is 12. The maximum Gasteiger partial charge on any atom is 0.434 e. The fourth-order valence-corrected chi connectivity index (χ4v) is 7.12. The number of benzene rings is 2. The number of aliphatic hydroxyl groups is 1. The molecule has 0 bridgehead atoms. The molecule has 4 saturated heterocycles. The van der Waals surface area contributed by atoms with Gasteiger partial charge in [-0.2, -0.15) is 52.7 Å². The van der Waals surface area contributed by atoms with Crippen molar-refractivity contribution in [2.45, 2.75) is 75.9 Å². The second-order valence-electron chi connectivity index (χ2n) is 15.5. The molecule has 4 fully saturated rings. The van der Waals surface area contributed by atoms with Crippen molar-refractivity contribution in [1.29, 1.82) is 0 Å². The first kappa shape index (κ1) is 52.7. The van der Waals surface area contributed by atoms with E-state index in [2.05, 4.69) is 26.8 Å². The lowest BCUT2D eigenvalue weighted by molar-refractivity contribution is -0.309. The number of aliphatic hydroxyl groups excluding tert-OH is 1. The molecule has 0 unspecified atom stereocenters. The van der Waals surface area contributed by atoms with Crippen LogP contribution in [-0.2, 0) is 27.3 Å². The van der Waals surface area contributed by atoms with E-state index in [9.17, 15) is 66.3 Å². The zero-order chi connectivity index (χ0) is 47.6. The minimum Gasteiger partial charge on any atom is -0.426 e. The van der Waals surface area contributed by atoms with Crippen LogP contribution >= 0.6 is 0 Å². The van der Waals surface area contributed by atoms with Crippen molar-refractivity contribution < 1.29 is 85.6 Å². The first-order chi connectivity index (χ1) is 29.7. The van der Waals surface area contributed by atoms with Crippen molar-refractivity contribution in [2.75, 3.05) is 102 Å². The van der Waals surface area contributed by atoms with E-state index in [0.717, 1.165) is 67.8 Å². The minimum absolute atomic E-state index is 0.0924. The number of nitrogens with one attached hydrogen (secondary N) is 1. The van der Waals surface area contributed by atoms with Crippen LogP contribution in [0.5, 0.6) is 0 Å². The van der Waals surface area contributed by atoms with Crippen LogP contribution in [0.3, 0.4) is 0 Å². The van der Waals surface area contributed by atoms with Crippen molar-refractivity contribution in [3.63, 3.8) is 0 Å². The summed E-state index contributed by atoms with van der Waals surface area (Å²) in [6, 6.07) is 10.2. The lowest BCUT2D eigenvalue weighted by Gasteiger charge is -2.40. The smallest absolute Gasteiger partial charge is 0.426 e. The van der Waals surface area contributed by atoms with Crippen LogP contribution in [-0.4, -0.2) is 167 Å². The minimum atomic E-state index is -5.77. The van der Waals surface area contributed by atoms with Crippen molar-refractivity contribution in [3.05, 3.63) is 59.2 Å². The fourth-order valence-electron chi connectivity index (χ4n) is 7.12. The van der Waals surface area contributed by atoms with Crippen LogP contribution in [0.15, 0.2) is 36.4 Å². The second kappa shape index (κ2) is 22.5. The Bertz CT molecular complexity index is 1750. The molecule has 364 valence electrons. The number of morpholine rings is 2. The molecule has 0 spiro atoms. The van der Waals surface area contributed by atoms with Crippen molar-refractivity contribution >= 4 is 17.5 Å². The van der Waals surface area contributed by atoms with Crippen LogP contribution in [0, 0.1) is 11.6 Å². The van der Waals surface area contributed by atoms with E-state index in [1.165, 1.54) is 13.0 Å². The average molecular weight is 949 g/mol. The average Bonchev–Trinajstić information content (AvgIpc) is 3.21. The first-order valence-electron chi connectivity index (χ1n) is 20.1. The Hall–Kier alpha value is -3.91. The summed E-state index contributed by atoms with van der Waals surface area (Å²) in [6.07, 6.45) is -32.9. The SMILES string of the molecule is C[C@H]1CN(Cc2ccc(N3CCOCC3)cc2F)CCN1.C[C@H]1CN(Cc2ccc(N3CCOCC3)cc2F)CCN1C(=O)OC(C(F)(F)F)C(F)(F)F.OC(C(F)(F)F)C(F)(F)F. The van der Waals surface area contributed by atoms with E-state index in [4.69, 9.17) is 14.6 Å². The molecular weight excluding hydrogens is 898 g/mol. The third kappa shape index (κ3) is 15.9. The van der Waals surface area contributed by atoms with Crippen LogP contribution in [0.4, 0.5) is 77.6 Å². The molecule has 0 aliphatic carbocycles. The molecule has 1 amide bonds. The zero-order valence-electron chi connectivity index (χ0n) is 34.7. The topological polar surface area (TPSA) is 93.2 Å². The molecule has 0 radical (unpaired) electrons. The van der Waals surface area contributed by atoms with Gasteiger partial charge in [-0.1, -0.05) is 12.1 Å². The Morgan fingerprint density at radius 1 is 0.672 bits per heavy atom. The molecule has 2 aromatic carbocycles. The number of nitrogens with zero attached hydrogens (tertiary/aromatic N) is 5. The van der Waals surface area contributed by atoms with Crippen molar-refractivity contribution in [2.24, 2.45) is 0 Å². The fraction of sp³-hybridized carbons (Fsp3) is 0.667. The molecule has 11 nitrogen and oxygen atoms in total. The first-order valence-corrected chi connectivity index (χ1v) is 20.1. The summed E-state index contributed by atoms with van der Waals surface area (Å²) >= 11 is 0. The normalized spacial score (nSPS) is 21.0. The number of rotatable bonds is 7. The van der Waals surface area contributed by atoms with Crippen LogP contribution < -0.4 is 15.1 Å². The van der Waals surface area contributed by atoms with Gasteiger partial charge in [-0.25, -0.2) is 13.6 Å². The molecule has 2 aromatic rings. The summed E-state index contributed by atoms with van der Waals surface area (Å²) in [5.74, 6) is -0.517. The highest BCUT2D eigenvalue weighted by Gasteiger charge is 2.60. The second-order valence-corrected chi connectivity index (χ2v) is 15.5. The third-order valence-electron chi connectivity index (χ3n) is 10.4. The van der Waals surface area contributed by atoms with Gasteiger partial charge in [-0.15, -0.1) is 0 Å². The maximum atomic E-state index is 14.6. The Kier molecular flexibility index (Phi) is 18.6. The van der Waals surface area contributed by atoms with Crippen LogP contribution in [0.2, 0.25) is 0 Å². The number of piperazine rings is 2. The molecule has 0 aromatic heterocycles. The summed E-state index contributed by atoms with van der Waals surface area (Å²) in [7, 11) is 0. The highest BCUT2D eigenvalue weighted by atomic mass is 19.4. The molecule has 0 saturated carbocycles. The predicted molar refractivity (Wildman–Crippen MR) is 204 cm³/mol. The number of hydrogen-bond acceptors (Lipinski definition) is 10. The quantitative estimate of drug-likeness (QED) is 0.292. The van der Waals surface area contributed by atoms with Gasteiger partial charge in [0.15, 0.2) is 0 Å². The molecule has 25 heteroatoms. The highest BCUT2D eigenvalue weighted by Crippen LogP contribution is 2.37. The molecule has 4 aliphatic rings. The van der Waals surface area contributed by atoms with E-state index in [0.29, 0.717) is 44.5 Å². The number of ether oxygens (including phenoxy) is 3. The molecule has 2 N–H and O–H groups in total. The van der Waals surface area contributed by atoms with E-state index >= 15 is 0 Å². The third-order valence-corrected chi connectivity index (χ3v) is 10.4. The largest absolute Gasteiger partial charge is 0.434 e. The predicted octanol–water partition coefficient (Wildman–Crippen LogP) is 6.73. The Labute approximate surface area is 359 Å². The summed E-state index contributed by atoms with van der Waals surface area (Å²) < 4.78 is 185. The Morgan fingerprint density at radius 3 is 1.47 bits per heavy atom. The van der Waals surface area contributed by atoms with E-state index in [1.54, 1.807) is 23.1 Å². The van der Waals surface area contributed by atoms with E-state index in [1.807, 2.05) is 17.0 Å². The van der Waals surface area contributed by atoms with Gasteiger partial charge in [0, 0.05) is 113 Å². The molecule has 2 atom stereocenters. The highest BCUT2D eigenvalue weighted by molar-refractivity contribution is 5.68. The molecular formula is C39H50F14N6O5.